The van der Waals surface area contributed by atoms with E-state index in [1.54, 1.807) is 18.2 Å². The fourth-order valence-electron chi connectivity index (χ4n) is 3.68. The van der Waals surface area contributed by atoms with E-state index in [-0.39, 0.29) is 35.7 Å². The highest BCUT2D eigenvalue weighted by atomic mass is 32.2. The van der Waals surface area contributed by atoms with Crippen molar-refractivity contribution in [3.63, 3.8) is 0 Å². The SMILES string of the molecule is O=S(=O)(c1ccc(F)cc1)C1CCN(S(=O)(=O)c2ccc3ccccc3c2)CC1. The fraction of sp³-hybridized carbons (Fsp3) is 0.238. The van der Waals surface area contributed by atoms with Gasteiger partial charge in [-0.3, -0.25) is 0 Å². The van der Waals surface area contributed by atoms with Gasteiger partial charge in [-0.05, 0) is 60.0 Å². The van der Waals surface area contributed by atoms with Gasteiger partial charge in [-0.25, -0.2) is 21.2 Å². The molecule has 4 rings (SSSR count). The number of sulfonamides is 1. The molecule has 5 nitrogen and oxygen atoms in total. The van der Waals surface area contributed by atoms with Crippen LogP contribution in [0.25, 0.3) is 10.8 Å². The Morgan fingerprint density at radius 1 is 0.759 bits per heavy atom. The lowest BCUT2D eigenvalue weighted by molar-refractivity contribution is 0.345. The molecular weight excluding hydrogens is 413 g/mol. The molecule has 1 heterocycles. The van der Waals surface area contributed by atoms with Gasteiger partial charge in [-0.1, -0.05) is 30.3 Å². The summed E-state index contributed by atoms with van der Waals surface area (Å²) in [7, 11) is -7.33. The smallest absolute Gasteiger partial charge is 0.223 e. The molecule has 8 heteroatoms. The van der Waals surface area contributed by atoms with E-state index in [1.807, 2.05) is 24.3 Å². The zero-order valence-electron chi connectivity index (χ0n) is 15.5. The molecule has 3 aromatic rings. The van der Waals surface area contributed by atoms with Gasteiger partial charge in [0.15, 0.2) is 9.84 Å². The molecule has 0 aliphatic carbocycles. The molecule has 0 unspecified atom stereocenters. The zero-order chi connectivity index (χ0) is 20.6. The molecule has 1 aliphatic rings. The molecule has 0 atom stereocenters. The van der Waals surface area contributed by atoms with Crippen LogP contribution < -0.4 is 0 Å². The first kappa shape index (κ1) is 20.0. The van der Waals surface area contributed by atoms with Crippen LogP contribution in [0, 0.1) is 5.82 Å². The second kappa shape index (κ2) is 7.51. The lowest BCUT2D eigenvalue weighted by Gasteiger charge is -2.31. The maximum absolute atomic E-state index is 13.1. The van der Waals surface area contributed by atoms with Gasteiger partial charge >= 0.3 is 0 Å². The molecule has 0 aromatic heterocycles. The van der Waals surface area contributed by atoms with Gasteiger partial charge in [0, 0.05) is 13.1 Å². The van der Waals surface area contributed by atoms with E-state index in [9.17, 15) is 21.2 Å². The Labute approximate surface area is 169 Å². The van der Waals surface area contributed by atoms with Crippen molar-refractivity contribution in [2.75, 3.05) is 13.1 Å². The monoisotopic (exact) mass is 433 g/mol. The van der Waals surface area contributed by atoms with Gasteiger partial charge in [0.2, 0.25) is 10.0 Å². The summed E-state index contributed by atoms with van der Waals surface area (Å²) < 4.78 is 66.1. The topological polar surface area (TPSA) is 71.5 Å². The maximum atomic E-state index is 13.1. The van der Waals surface area contributed by atoms with Crippen molar-refractivity contribution in [3.05, 3.63) is 72.5 Å². The third kappa shape index (κ3) is 3.80. The highest BCUT2D eigenvalue weighted by molar-refractivity contribution is 7.92. The predicted molar refractivity (Wildman–Crippen MR) is 109 cm³/mol. The normalized spacial score (nSPS) is 16.9. The average molecular weight is 434 g/mol. The zero-order valence-corrected chi connectivity index (χ0v) is 17.2. The van der Waals surface area contributed by atoms with Gasteiger partial charge in [0.1, 0.15) is 5.82 Å². The number of hydrogen-bond acceptors (Lipinski definition) is 4. The second-order valence-electron chi connectivity index (χ2n) is 7.11. The van der Waals surface area contributed by atoms with Crippen LogP contribution in [-0.2, 0) is 19.9 Å². The average Bonchev–Trinajstić information content (AvgIpc) is 2.74. The van der Waals surface area contributed by atoms with Crippen molar-refractivity contribution in [3.8, 4) is 0 Å². The fourth-order valence-corrected chi connectivity index (χ4v) is 6.91. The minimum Gasteiger partial charge on any atom is -0.223 e. The number of rotatable bonds is 4. The van der Waals surface area contributed by atoms with E-state index in [0.29, 0.717) is 0 Å². The number of halogens is 1. The molecule has 29 heavy (non-hydrogen) atoms. The van der Waals surface area contributed by atoms with Crippen LogP contribution >= 0.6 is 0 Å². The quantitative estimate of drug-likeness (QED) is 0.590. The van der Waals surface area contributed by atoms with Crippen molar-refractivity contribution >= 4 is 30.6 Å². The van der Waals surface area contributed by atoms with Gasteiger partial charge in [0.05, 0.1) is 15.0 Å². The summed E-state index contributed by atoms with van der Waals surface area (Å²) in [6.07, 6.45) is 0.402. The van der Waals surface area contributed by atoms with E-state index in [0.717, 1.165) is 22.9 Å². The highest BCUT2D eigenvalue weighted by Gasteiger charge is 2.35. The maximum Gasteiger partial charge on any atom is 0.243 e. The molecule has 0 spiro atoms. The number of hydrogen-bond donors (Lipinski definition) is 0. The molecule has 0 saturated carbocycles. The Morgan fingerprint density at radius 3 is 2.00 bits per heavy atom. The Morgan fingerprint density at radius 2 is 1.34 bits per heavy atom. The first-order chi connectivity index (χ1) is 13.8. The standard InChI is InChI=1S/C21H20FNO4S2/c22-18-6-9-19(10-7-18)28(24,25)20-11-13-23(14-12-20)29(26,27)21-8-5-16-3-1-2-4-17(16)15-21/h1-10,15,20H,11-14H2. The summed E-state index contributed by atoms with van der Waals surface area (Å²) in [5.41, 5.74) is 0. The van der Waals surface area contributed by atoms with E-state index in [4.69, 9.17) is 0 Å². The molecule has 0 amide bonds. The number of fused-ring (bicyclic) bond motifs is 1. The summed E-state index contributed by atoms with van der Waals surface area (Å²) in [5, 5.41) is 1.11. The number of benzene rings is 3. The number of nitrogens with zero attached hydrogens (tertiary/aromatic N) is 1. The van der Waals surface area contributed by atoms with Crippen molar-refractivity contribution in [2.45, 2.75) is 27.9 Å². The second-order valence-corrected chi connectivity index (χ2v) is 11.3. The van der Waals surface area contributed by atoms with Crippen molar-refractivity contribution in [1.82, 2.24) is 4.31 Å². The van der Waals surface area contributed by atoms with E-state index in [1.165, 1.54) is 16.4 Å². The minimum absolute atomic E-state index is 0.0646. The van der Waals surface area contributed by atoms with Crippen LogP contribution in [0.1, 0.15) is 12.8 Å². The predicted octanol–water partition coefficient (Wildman–Crippen LogP) is 3.61. The number of piperidine rings is 1. The lowest BCUT2D eigenvalue weighted by Crippen LogP contribution is -2.42. The van der Waals surface area contributed by atoms with Crippen LogP contribution in [0.4, 0.5) is 4.39 Å². The third-order valence-electron chi connectivity index (χ3n) is 5.34. The molecule has 152 valence electrons. The summed E-state index contributed by atoms with van der Waals surface area (Å²) in [4.78, 5) is 0.269. The minimum atomic E-state index is -3.70. The van der Waals surface area contributed by atoms with Crippen molar-refractivity contribution in [1.29, 1.82) is 0 Å². The van der Waals surface area contributed by atoms with Gasteiger partial charge < -0.3 is 0 Å². The Hall–Kier alpha value is -2.29. The summed E-state index contributed by atoms with van der Waals surface area (Å²) in [5.74, 6) is -0.500. The molecule has 1 saturated heterocycles. The van der Waals surface area contributed by atoms with Crippen LogP contribution in [0.2, 0.25) is 0 Å². The first-order valence-corrected chi connectivity index (χ1v) is 12.3. The van der Waals surface area contributed by atoms with Crippen molar-refractivity contribution < 1.29 is 21.2 Å². The lowest BCUT2D eigenvalue weighted by atomic mass is 10.1. The molecule has 0 radical (unpaired) electrons. The van der Waals surface area contributed by atoms with E-state index >= 15 is 0 Å². The Balaban J connectivity index is 1.53. The van der Waals surface area contributed by atoms with Gasteiger partial charge in [0.25, 0.3) is 0 Å². The Bertz CT molecular complexity index is 1250. The van der Waals surface area contributed by atoms with Gasteiger partial charge in [-0.15, -0.1) is 0 Å². The number of sulfone groups is 1. The van der Waals surface area contributed by atoms with E-state index < -0.39 is 30.9 Å². The van der Waals surface area contributed by atoms with Crippen LogP contribution in [0.5, 0.6) is 0 Å². The first-order valence-electron chi connectivity index (χ1n) is 9.27. The third-order valence-corrected chi connectivity index (χ3v) is 9.51. The van der Waals surface area contributed by atoms with Crippen LogP contribution in [0.15, 0.2) is 76.5 Å². The summed E-state index contributed by atoms with van der Waals surface area (Å²) in [6, 6.07) is 17.3. The highest BCUT2D eigenvalue weighted by Crippen LogP contribution is 2.29. The van der Waals surface area contributed by atoms with Crippen LogP contribution in [-0.4, -0.2) is 39.5 Å². The molecule has 1 aliphatic heterocycles. The largest absolute Gasteiger partial charge is 0.243 e. The molecule has 0 N–H and O–H groups in total. The molecule has 0 bridgehead atoms. The Kier molecular flexibility index (Phi) is 5.18. The van der Waals surface area contributed by atoms with Crippen LogP contribution in [0.3, 0.4) is 0 Å². The molecule has 1 fully saturated rings. The summed E-state index contributed by atoms with van der Waals surface area (Å²) in [6.45, 7) is 0.250. The molecular formula is C21H20FNO4S2. The van der Waals surface area contributed by atoms with E-state index in [2.05, 4.69) is 0 Å². The molecule has 3 aromatic carbocycles. The summed E-state index contributed by atoms with van der Waals surface area (Å²) >= 11 is 0. The van der Waals surface area contributed by atoms with Crippen molar-refractivity contribution in [2.24, 2.45) is 0 Å². The van der Waals surface area contributed by atoms with Gasteiger partial charge in [-0.2, -0.15) is 4.31 Å².